The molecule has 0 aliphatic carbocycles. The third kappa shape index (κ3) is 5.59. The molecule has 27 heavy (non-hydrogen) atoms. The van der Waals surface area contributed by atoms with Crippen molar-refractivity contribution in [2.75, 3.05) is 19.6 Å². The second kappa shape index (κ2) is 9.07. The average Bonchev–Trinajstić information content (AvgIpc) is 3.33. The summed E-state index contributed by atoms with van der Waals surface area (Å²) in [6.07, 6.45) is 3.96. The second-order valence-electron chi connectivity index (χ2n) is 6.19. The van der Waals surface area contributed by atoms with Gasteiger partial charge in [-0.05, 0) is 43.3 Å². The van der Waals surface area contributed by atoms with Crippen LogP contribution in [0.2, 0.25) is 0 Å². The number of carboxylic acid groups (broad SMARTS) is 2. The summed E-state index contributed by atoms with van der Waals surface area (Å²) in [5, 5.41) is 29.9. The molecule has 8 nitrogen and oxygen atoms in total. The van der Waals surface area contributed by atoms with Crippen LogP contribution in [-0.2, 0) is 9.59 Å². The van der Waals surface area contributed by atoms with Crippen LogP contribution in [0.4, 0.5) is 0 Å². The van der Waals surface area contributed by atoms with Gasteiger partial charge in [0.25, 0.3) is 5.19 Å². The molecule has 0 aromatic carbocycles. The Morgan fingerprint density at radius 2 is 1.89 bits per heavy atom. The van der Waals surface area contributed by atoms with Gasteiger partial charge in [-0.1, -0.05) is 16.4 Å². The quantitative estimate of drug-likeness (QED) is 0.724. The number of thiophene rings is 1. The zero-order valence-electron chi connectivity index (χ0n) is 14.4. The molecule has 3 saturated heterocycles. The number of carbonyl (C=O) groups is 2. The van der Waals surface area contributed by atoms with Crippen LogP contribution in [0.3, 0.4) is 0 Å². The number of ether oxygens (including phenoxy) is 1. The Morgan fingerprint density at radius 1 is 1.19 bits per heavy atom. The normalized spacial score (nSPS) is 23.6. The molecule has 2 N–H and O–H groups in total. The Labute approximate surface area is 163 Å². The molecule has 0 amide bonds. The first-order chi connectivity index (χ1) is 13.0. The lowest BCUT2D eigenvalue weighted by molar-refractivity contribution is -0.134. The third-order valence-electron chi connectivity index (χ3n) is 4.39. The van der Waals surface area contributed by atoms with Gasteiger partial charge in [0.05, 0.1) is 0 Å². The summed E-state index contributed by atoms with van der Waals surface area (Å²) in [7, 11) is 0. The van der Waals surface area contributed by atoms with Crippen molar-refractivity contribution in [1.82, 2.24) is 15.1 Å². The minimum Gasteiger partial charge on any atom is -0.478 e. The van der Waals surface area contributed by atoms with Crippen LogP contribution in [0.1, 0.15) is 12.8 Å². The molecule has 0 spiro atoms. The summed E-state index contributed by atoms with van der Waals surface area (Å²) < 4.78 is 6.07. The number of aliphatic carboxylic acids is 2. The summed E-state index contributed by atoms with van der Waals surface area (Å²) in [5.41, 5.74) is 1.14. The number of hydrogen-bond donors (Lipinski definition) is 2. The van der Waals surface area contributed by atoms with Crippen LogP contribution in [0.25, 0.3) is 10.6 Å². The maximum atomic E-state index is 9.55. The van der Waals surface area contributed by atoms with Gasteiger partial charge in [0.15, 0.2) is 5.01 Å². The van der Waals surface area contributed by atoms with Crippen molar-refractivity contribution in [1.29, 1.82) is 0 Å². The molecule has 144 valence electrons. The average molecular weight is 409 g/mol. The first-order valence-electron chi connectivity index (χ1n) is 8.40. The molecular weight excluding hydrogens is 390 g/mol. The van der Waals surface area contributed by atoms with Crippen LogP contribution in [0, 0.1) is 5.92 Å². The maximum Gasteiger partial charge on any atom is 0.328 e. The SMILES string of the molecule is O=C(O)/C=C/C(=O)O.c1cc(-c2nnc(OC3CN4CCC3CC4)s2)cs1. The van der Waals surface area contributed by atoms with E-state index >= 15 is 0 Å². The maximum absolute atomic E-state index is 9.55. The largest absolute Gasteiger partial charge is 0.478 e. The van der Waals surface area contributed by atoms with Crippen molar-refractivity contribution < 1.29 is 24.5 Å². The van der Waals surface area contributed by atoms with E-state index in [0.717, 1.165) is 22.3 Å². The highest BCUT2D eigenvalue weighted by molar-refractivity contribution is 7.16. The molecule has 5 heterocycles. The minimum absolute atomic E-state index is 0.311. The highest BCUT2D eigenvalue weighted by Crippen LogP contribution is 2.34. The Bertz CT molecular complexity index is 781. The van der Waals surface area contributed by atoms with E-state index in [9.17, 15) is 9.59 Å². The Morgan fingerprint density at radius 3 is 2.41 bits per heavy atom. The smallest absolute Gasteiger partial charge is 0.328 e. The van der Waals surface area contributed by atoms with E-state index in [4.69, 9.17) is 14.9 Å². The second-order valence-corrected chi connectivity index (χ2v) is 7.91. The highest BCUT2D eigenvalue weighted by Gasteiger charge is 2.36. The van der Waals surface area contributed by atoms with Gasteiger partial charge in [-0.25, -0.2) is 9.59 Å². The fraction of sp³-hybridized carbons (Fsp3) is 0.412. The lowest BCUT2D eigenvalue weighted by atomic mass is 9.86. The summed E-state index contributed by atoms with van der Waals surface area (Å²) in [5.74, 6) is -1.81. The van der Waals surface area contributed by atoms with Gasteiger partial charge in [-0.15, -0.1) is 5.10 Å². The van der Waals surface area contributed by atoms with E-state index in [-0.39, 0.29) is 0 Å². The molecule has 5 rings (SSSR count). The highest BCUT2D eigenvalue weighted by atomic mass is 32.1. The Kier molecular flexibility index (Phi) is 6.54. The van der Waals surface area contributed by atoms with E-state index < -0.39 is 11.9 Å². The van der Waals surface area contributed by atoms with Gasteiger partial charge in [0, 0.05) is 29.6 Å². The molecule has 1 unspecified atom stereocenters. The topological polar surface area (TPSA) is 113 Å². The lowest BCUT2D eigenvalue weighted by Crippen LogP contribution is -2.52. The number of nitrogens with zero attached hydrogens (tertiary/aromatic N) is 3. The van der Waals surface area contributed by atoms with Crippen molar-refractivity contribution in [3.8, 4) is 15.8 Å². The molecule has 3 aliphatic heterocycles. The van der Waals surface area contributed by atoms with E-state index in [0.29, 0.717) is 24.2 Å². The number of piperidine rings is 3. The molecule has 2 aromatic rings. The fourth-order valence-electron chi connectivity index (χ4n) is 3.08. The van der Waals surface area contributed by atoms with Gasteiger partial charge in [-0.3, -0.25) is 4.90 Å². The predicted octanol–water partition coefficient (Wildman–Crippen LogP) is 2.45. The molecule has 1 atom stereocenters. The molecular formula is C17H19N3O5S2. The minimum atomic E-state index is -1.26. The van der Waals surface area contributed by atoms with Crippen molar-refractivity contribution in [2.45, 2.75) is 18.9 Å². The van der Waals surface area contributed by atoms with Crippen LogP contribution in [0.15, 0.2) is 29.0 Å². The Hall–Kier alpha value is -2.30. The number of hydrogen-bond acceptors (Lipinski definition) is 8. The Balaban J connectivity index is 0.000000226. The van der Waals surface area contributed by atoms with Crippen LogP contribution in [-0.4, -0.2) is 63.0 Å². The zero-order chi connectivity index (χ0) is 19.2. The standard InChI is InChI=1S/C13H15N3OS2.C4H4O4/c1-4-16-5-2-9(1)11(7-16)17-13-15-14-12(19-13)10-3-6-18-8-10;5-3(6)1-2-4(7)8/h3,6,8-9,11H,1-2,4-5,7H2;1-2H,(H,5,6)(H,7,8)/b;2-1+. The number of aromatic nitrogens is 2. The van der Waals surface area contributed by atoms with Crippen LogP contribution < -0.4 is 4.74 Å². The molecule has 3 fully saturated rings. The number of fused-ring (bicyclic) bond motifs is 3. The lowest BCUT2D eigenvalue weighted by Gasteiger charge is -2.43. The fourth-order valence-corrected chi connectivity index (χ4v) is 4.54. The van der Waals surface area contributed by atoms with Crippen LogP contribution >= 0.6 is 22.7 Å². The molecule has 2 aromatic heterocycles. The van der Waals surface area contributed by atoms with E-state index in [1.54, 1.807) is 22.7 Å². The number of rotatable bonds is 5. The van der Waals surface area contributed by atoms with Crippen molar-refractivity contribution in [3.05, 3.63) is 29.0 Å². The summed E-state index contributed by atoms with van der Waals surface area (Å²) >= 11 is 3.24. The van der Waals surface area contributed by atoms with Gasteiger partial charge in [0.2, 0.25) is 0 Å². The number of carboxylic acids is 2. The molecule has 3 aliphatic rings. The van der Waals surface area contributed by atoms with E-state index in [1.807, 2.05) is 0 Å². The van der Waals surface area contributed by atoms with Crippen molar-refractivity contribution >= 4 is 34.6 Å². The summed E-state index contributed by atoms with van der Waals surface area (Å²) in [6.45, 7) is 3.53. The first-order valence-corrected chi connectivity index (χ1v) is 10.2. The van der Waals surface area contributed by atoms with Gasteiger partial charge in [-0.2, -0.15) is 11.3 Å². The third-order valence-corrected chi connectivity index (χ3v) is 5.94. The molecule has 10 heteroatoms. The molecule has 2 bridgehead atoms. The molecule has 0 saturated carbocycles. The van der Waals surface area contributed by atoms with E-state index in [2.05, 4.69) is 31.9 Å². The van der Waals surface area contributed by atoms with E-state index in [1.165, 1.54) is 25.9 Å². The van der Waals surface area contributed by atoms with Gasteiger partial charge < -0.3 is 14.9 Å². The van der Waals surface area contributed by atoms with Gasteiger partial charge in [0.1, 0.15) is 6.10 Å². The zero-order valence-corrected chi connectivity index (χ0v) is 16.0. The van der Waals surface area contributed by atoms with Crippen LogP contribution in [0.5, 0.6) is 5.19 Å². The van der Waals surface area contributed by atoms with Crippen molar-refractivity contribution in [2.24, 2.45) is 5.92 Å². The van der Waals surface area contributed by atoms with Gasteiger partial charge >= 0.3 is 11.9 Å². The predicted molar refractivity (Wildman–Crippen MR) is 101 cm³/mol. The summed E-state index contributed by atoms with van der Waals surface area (Å²) in [6, 6.07) is 2.07. The first kappa shape index (κ1) is 19.5. The van der Waals surface area contributed by atoms with Crippen molar-refractivity contribution in [3.63, 3.8) is 0 Å². The molecule has 0 radical (unpaired) electrons. The summed E-state index contributed by atoms with van der Waals surface area (Å²) in [4.78, 5) is 21.6. The monoisotopic (exact) mass is 409 g/mol.